The number of carbonyl (C=O) groups excluding carboxylic acids is 1. The largest absolute Gasteiger partial charge is 0.421 e. The third kappa shape index (κ3) is 5.94. The predicted molar refractivity (Wildman–Crippen MR) is 99.1 cm³/mol. The fourth-order valence-corrected chi connectivity index (χ4v) is 7.35. The lowest BCUT2D eigenvalue weighted by molar-refractivity contribution is -0.116. The quantitative estimate of drug-likeness (QED) is 0.461. The van der Waals surface area contributed by atoms with E-state index in [9.17, 15) is 13.2 Å². The standard InChI is InChI=1S/C17H28O4S2/c1-5-8-9-16(18)14-22(6-2,7-3)21-23(19,20)17-12-10-15(4)11-13-17/h10-13H,5-9,14H2,1-4H3/p+1. The lowest BCUT2D eigenvalue weighted by atomic mass is 10.2. The van der Waals surface area contributed by atoms with Crippen LogP contribution in [-0.4, -0.2) is 35.1 Å². The first-order valence-electron chi connectivity index (χ1n) is 8.12. The molecule has 0 saturated heterocycles. The Morgan fingerprint density at radius 3 is 2.09 bits per heavy atom. The molecule has 0 aliphatic carbocycles. The Morgan fingerprint density at radius 2 is 1.61 bits per heavy atom. The Hall–Kier alpha value is -0.850. The van der Waals surface area contributed by atoms with Crippen LogP contribution < -0.4 is 0 Å². The number of Topliss-reactive ketones (excluding diaryl/α,β-unsaturated/α-hetero) is 1. The third-order valence-corrected chi connectivity index (χ3v) is 9.82. The van der Waals surface area contributed by atoms with Gasteiger partial charge in [-0.05, 0) is 35.8 Å². The maximum atomic E-state index is 12.6. The molecule has 0 spiro atoms. The zero-order valence-corrected chi connectivity index (χ0v) is 16.2. The highest BCUT2D eigenvalue weighted by atomic mass is 32.3. The van der Waals surface area contributed by atoms with E-state index in [0.717, 1.165) is 18.4 Å². The summed E-state index contributed by atoms with van der Waals surface area (Å²) in [4.78, 5) is 12.4. The van der Waals surface area contributed by atoms with Gasteiger partial charge >= 0.3 is 10.1 Å². The second kappa shape index (κ2) is 8.85. The highest BCUT2D eigenvalue weighted by Gasteiger charge is 2.36. The van der Waals surface area contributed by atoms with Gasteiger partial charge in [0.05, 0.1) is 5.75 Å². The number of hydrogen-bond donors (Lipinski definition) is 0. The van der Waals surface area contributed by atoms with Crippen molar-refractivity contribution in [3.8, 4) is 0 Å². The summed E-state index contributed by atoms with van der Waals surface area (Å²) in [6.45, 7) is 7.81. The molecule has 0 radical (unpaired) electrons. The number of benzene rings is 1. The molecule has 1 rings (SSSR count). The molecule has 132 valence electrons. The van der Waals surface area contributed by atoms with Crippen LogP contribution in [0.1, 0.15) is 45.6 Å². The van der Waals surface area contributed by atoms with Gasteiger partial charge in [-0.15, -0.1) is 8.42 Å². The van der Waals surface area contributed by atoms with E-state index in [4.69, 9.17) is 0 Å². The molecule has 0 aromatic heterocycles. The van der Waals surface area contributed by atoms with E-state index in [2.05, 4.69) is 3.63 Å². The summed E-state index contributed by atoms with van der Waals surface area (Å²) in [7, 11) is -5.55. The van der Waals surface area contributed by atoms with Crippen LogP contribution in [0.3, 0.4) is 0 Å². The minimum Gasteiger partial charge on any atom is -0.299 e. The number of hydrogen-bond acceptors (Lipinski definition) is 3. The number of carbonyl (C=O) groups is 1. The molecule has 0 aliphatic heterocycles. The molecule has 0 bridgehead atoms. The van der Waals surface area contributed by atoms with E-state index < -0.39 is 20.4 Å². The Morgan fingerprint density at radius 1 is 1.04 bits per heavy atom. The highest BCUT2D eigenvalue weighted by Crippen LogP contribution is 2.48. The third-order valence-electron chi connectivity index (χ3n) is 3.89. The van der Waals surface area contributed by atoms with Crippen LogP contribution in [0.4, 0.5) is 0 Å². The average molecular weight is 362 g/mol. The van der Waals surface area contributed by atoms with E-state index >= 15 is 0 Å². The maximum absolute atomic E-state index is 12.6. The zero-order valence-electron chi connectivity index (χ0n) is 14.5. The van der Waals surface area contributed by atoms with E-state index in [1.165, 1.54) is 0 Å². The van der Waals surface area contributed by atoms with E-state index in [-0.39, 0.29) is 16.4 Å². The number of unbranched alkanes of at least 4 members (excludes halogenated alkanes) is 1. The minimum atomic E-state index is -3.72. The summed E-state index contributed by atoms with van der Waals surface area (Å²) in [5, 5.41) is 0. The summed E-state index contributed by atoms with van der Waals surface area (Å²) in [6.07, 6.45) is 2.34. The average Bonchev–Trinajstić information content (AvgIpc) is 2.52. The molecule has 6 heteroatoms. The molecule has 0 atom stereocenters. The lowest BCUT2D eigenvalue weighted by Crippen LogP contribution is -2.26. The summed E-state index contributed by atoms with van der Waals surface area (Å²) in [6, 6.07) is 6.71. The molecule has 1 aromatic rings. The SMILES string of the molecule is CCCCC(=O)CS(CC)(CC)[OH+]S(=O)(=O)c1ccc(C)cc1. The summed E-state index contributed by atoms with van der Waals surface area (Å²) >= 11 is 0. The molecule has 23 heavy (non-hydrogen) atoms. The highest BCUT2D eigenvalue weighted by molar-refractivity contribution is 8.32. The van der Waals surface area contributed by atoms with E-state index in [0.29, 0.717) is 17.9 Å². The van der Waals surface area contributed by atoms with Crippen molar-refractivity contribution in [2.45, 2.75) is 51.9 Å². The van der Waals surface area contributed by atoms with Crippen molar-refractivity contribution in [2.24, 2.45) is 0 Å². The first-order valence-corrected chi connectivity index (χ1v) is 11.7. The van der Waals surface area contributed by atoms with Crippen molar-refractivity contribution in [3.05, 3.63) is 29.8 Å². The molecule has 0 amide bonds. The summed E-state index contributed by atoms with van der Waals surface area (Å²) in [5.41, 5.74) is 1.00. The first-order chi connectivity index (χ1) is 10.8. The second-order valence-corrected chi connectivity index (χ2v) is 11.2. The smallest absolute Gasteiger partial charge is 0.299 e. The van der Waals surface area contributed by atoms with Crippen molar-refractivity contribution in [3.63, 3.8) is 0 Å². The van der Waals surface area contributed by atoms with Gasteiger partial charge in [0.2, 0.25) is 0 Å². The van der Waals surface area contributed by atoms with Crippen LogP contribution in [0, 0.1) is 6.92 Å². The van der Waals surface area contributed by atoms with Gasteiger partial charge in [0.1, 0.15) is 10.7 Å². The minimum absolute atomic E-state index is 0.133. The van der Waals surface area contributed by atoms with Crippen LogP contribution >= 0.6 is 10.3 Å². The van der Waals surface area contributed by atoms with E-state index in [1.54, 1.807) is 24.3 Å². The Labute approximate surface area is 142 Å². The zero-order chi connectivity index (χ0) is 17.5. The van der Waals surface area contributed by atoms with Crippen molar-refractivity contribution < 1.29 is 16.8 Å². The van der Waals surface area contributed by atoms with Crippen molar-refractivity contribution in [1.82, 2.24) is 0 Å². The van der Waals surface area contributed by atoms with Crippen LogP contribution in [0.5, 0.6) is 0 Å². The number of rotatable bonds is 10. The van der Waals surface area contributed by atoms with Crippen molar-refractivity contribution >= 4 is 26.2 Å². The number of ketones is 1. The maximum Gasteiger partial charge on any atom is 0.421 e. The first kappa shape index (κ1) is 20.2. The molecule has 0 saturated carbocycles. The normalized spacial score (nSPS) is 13.0. The molecular weight excluding hydrogens is 332 g/mol. The van der Waals surface area contributed by atoms with Crippen LogP contribution in [0.2, 0.25) is 0 Å². The van der Waals surface area contributed by atoms with Gasteiger partial charge in [0.25, 0.3) is 0 Å². The van der Waals surface area contributed by atoms with Gasteiger partial charge < -0.3 is 0 Å². The monoisotopic (exact) mass is 361 g/mol. The van der Waals surface area contributed by atoms with Crippen molar-refractivity contribution in [1.29, 1.82) is 0 Å². The van der Waals surface area contributed by atoms with Gasteiger partial charge in [0.15, 0.2) is 0 Å². The van der Waals surface area contributed by atoms with Crippen LogP contribution in [0.25, 0.3) is 0 Å². The van der Waals surface area contributed by atoms with E-state index in [1.807, 2.05) is 27.7 Å². The molecule has 0 heterocycles. The van der Waals surface area contributed by atoms with Crippen LogP contribution in [-0.2, 0) is 14.9 Å². The molecule has 0 aliphatic rings. The molecule has 1 aromatic carbocycles. The number of aryl methyl sites for hydroxylation is 1. The second-order valence-electron chi connectivity index (χ2n) is 5.73. The predicted octanol–water partition coefficient (Wildman–Crippen LogP) is 4.30. The van der Waals surface area contributed by atoms with Crippen LogP contribution in [0.15, 0.2) is 29.2 Å². The molecule has 0 fully saturated rings. The lowest BCUT2D eigenvalue weighted by Gasteiger charge is -2.31. The van der Waals surface area contributed by atoms with Crippen molar-refractivity contribution in [2.75, 3.05) is 17.3 Å². The van der Waals surface area contributed by atoms with Gasteiger partial charge in [-0.25, -0.2) is 0 Å². The van der Waals surface area contributed by atoms with Gasteiger partial charge in [-0.1, -0.05) is 44.9 Å². The molecule has 0 unspecified atom stereocenters. The Kier molecular flexibility index (Phi) is 7.77. The fourth-order valence-electron chi connectivity index (χ4n) is 2.25. The molecular formula is C17H29O4S2+. The molecule has 4 nitrogen and oxygen atoms in total. The Bertz CT molecular complexity index is 602. The van der Waals surface area contributed by atoms with Gasteiger partial charge in [-0.3, -0.25) is 8.42 Å². The molecule has 1 N–H and O–H groups in total. The van der Waals surface area contributed by atoms with Gasteiger partial charge in [0, 0.05) is 17.9 Å². The summed E-state index contributed by atoms with van der Waals surface area (Å²) < 4.78 is 29.5. The summed E-state index contributed by atoms with van der Waals surface area (Å²) in [5.74, 6) is 1.65. The fraction of sp³-hybridized carbons (Fsp3) is 0.588. The Balaban J connectivity index is 2.97. The van der Waals surface area contributed by atoms with Gasteiger partial charge in [-0.2, -0.15) is 0 Å². The topological polar surface area (TPSA) is 64.0 Å².